The van der Waals surface area contributed by atoms with E-state index in [0.717, 1.165) is 77.0 Å². The van der Waals surface area contributed by atoms with Crippen LogP contribution in [0, 0.1) is 0 Å². The van der Waals surface area contributed by atoms with E-state index in [9.17, 15) is 23.5 Å². The Morgan fingerprint density at radius 2 is 1.00 bits per heavy atom. The standard InChI is InChI=1S/C23H44F2N2O3/c24-17-9-1-7-15-22(29)26-19-11-3-5-13-21(28)14-6-4-12-20-27-23(30)16-8-2-10-18-25/h21,28H,1-20H2,(H,26,29)(H,27,30). The van der Waals surface area contributed by atoms with Crippen LogP contribution in [0.1, 0.15) is 103 Å². The summed E-state index contributed by atoms with van der Waals surface area (Å²) in [4.78, 5) is 23.1. The molecule has 2 amide bonds. The fourth-order valence-electron chi connectivity index (χ4n) is 3.25. The van der Waals surface area contributed by atoms with E-state index in [-0.39, 0.29) is 31.3 Å². The fourth-order valence-corrected chi connectivity index (χ4v) is 3.25. The zero-order valence-electron chi connectivity index (χ0n) is 18.7. The van der Waals surface area contributed by atoms with Crippen LogP contribution in [0.3, 0.4) is 0 Å². The van der Waals surface area contributed by atoms with Crippen molar-refractivity contribution < 1.29 is 23.5 Å². The van der Waals surface area contributed by atoms with Gasteiger partial charge < -0.3 is 15.7 Å². The summed E-state index contributed by atoms with van der Waals surface area (Å²) >= 11 is 0. The maximum absolute atomic E-state index is 12.0. The molecule has 0 unspecified atom stereocenters. The third-order valence-corrected chi connectivity index (χ3v) is 5.15. The van der Waals surface area contributed by atoms with E-state index in [1.807, 2.05) is 0 Å². The Morgan fingerprint density at radius 3 is 1.40 bits per heavy atom. The molecule has 178 valence electrons. The molecule has 0 aromatic carbocycles. The Hall–Kier alpha value is -1.24. The summed E-state index contributed by atoms with van der Waals surface area (Å²) in [6.07, 6.45) is 12.0. The Labute approximate surface area is 181 Å². The molecule has 0 saturated carbocycles. The van der Waals surface area contributed by atoms with Crippen molar-refractivity contribution in [3.63, 3.8) is 0 Å². The second-order valence-electron chi connectivity index (χ2n) is 8.05. The van der Waals surface area contributed by atoms with Crippen LogP contribution in [0.5, 0.6) is 0 Å². The first-order valence-electron chi connectivity index (χ1n) is 11.9. The molecular formula is C23H44F2N2O3. The number of halogens is 2. The fraction of sp³-hybridized carbons (Fsp3) is 0.913. The molecule has 0 aliphatic carbocycles. The quantitative estimate of drug-likeness (QED) is 0.215. The molecule has 0 saturated heterocycles. The Kier molecular flexibility index (Phi) is 21.5. The molecule has 30 heavy (non-hydrogen) atoms. The van der Waals surface area contributed by atoms with Crippen LogP contribution >= 0.6 is 0 Å². The molecule has 0 heterocycles. The predicted molar refractivity (Wildman–Crippen MR) is 118 cm³/mol. The molecule has 0 aliphatic rings. The van der Waals surface area contributed by atoms with Crippen molar-refractivity contribution in [3.8, 4) is 0 Å². The van der Waals surface area contributed by atoms with Crippen LogP contribution < -0.4 is 10.6 Å². The Balaban J connectivity index is 3.35. The molecule has 0 aromatic heterocycles. The molecule has 0 rings (SSSR count). The molecule has 5 nitrogen and oxygen atoms in total. The normalized spacial score (nSPS) is 11.1. The Bertz CT molecular complexity index is 376. The van der Waals surface area contributed by atoms with Gasteiger partial charge in [0.15, 0.2) is 0 Å². The topological polar surface area (TPSA) is 78.4 Å². The van der Waals surface area contributed by atoms with E-state index in [0.29, 0.717) is 38.8 Å². The number of carbonyl (C=O) groups excluding carboxylic acids is 2. The van der Waals surface area contributed by atoms with Crippen LogP contribution in [0.25, 0.3) is 0 Å². The molecule has 0 aromatic rings. The van der Waals surface area contributed by atoms with Crippen molar-refractivity contribution in [3.05, 3.63) is 0 Å². The van der Waals surface area contributed by atoms with E-state index in [2.05, 4.69) is 10.6 Å². The summed E-state index contributed by atoms with van der Waals surface area (Å²) in [6, 6.07) is 0. The van der Waals surface area contributed by atoms with Crippen molar-refractivity contribution in [1.29, 1.82) is 0 Å². The van der Waals surface area contributed by atoms with Gasteiger partial charge in [-0.2, -0.15) is 0 Å². The zero-order valence-corrected chi connectivity index (χ0v) is 18.7. The summed E-state index contributed by atoms with van der Waals surface area (Å²) in [5.41, 5.74) is 0. The molecule has 0 bridgehead atoms. The van der Waals surface area contributed by atoms with Gasteiger partial charge in [-0.15, -0.1) is 0 Å². The maximum Gasteiger partial charge on any atom is 0.219 e. The van der Waals surface area contributed by atoms with Gasteiger partial charge in [0.2, 0.25) is 11.8 Å². The molecule has 3 N–H and O–H groups in total. The smallest absolute Gasteiger partial charge is 0.219 e. The molecule has 0 radical (unpaired) electrons. The van der Waals surface area contributed by atoms with E-state index in [4.69, 9.17) is 0 Å². The lowest BCUT2D eigenvalue weighted by Crippen LogP contribution is -2.24. The van der Waals surface area contributed by atoms with Crippen molar-refractivity contribution in [1.82, 2.24) is 10.6 Å². The summed E-state index contributed by atoms with van der Waals surface area (Å²) < 4.78 is 23.9. The predicted octanol–water partition coefficient (Wildman–Crippen LogP) is 4.76. The van der Waals surface area contributed by atoms with Gasteiger partial charge in [0.05, 0.1) is 19.5 Å². The minimum absolute atomic E-state index is 0.0434. The van der Waals surface area contributed by atoms with Crippen molar-refractivity contribution in [2.75, 3.05) is 26.4 Å². The van der Waals surface area contributed by atoms with Gasteiger partial charge in [-0.05, 0) is 51.4 Å². The van der Waals surface area contributed by atoms with Gasteiger partial charge in [0.1, 0.15) is 0 Å². The first-order valence-corrected chi connectivity index (χ1v) is 11.9. The number of aliphatic hydroxyl groups is 1. The van der Waals surface area contributed by atoms with E-state index in [1.165, 1.54) is 0 Å². The highest BCUT2D eigenvalue weighted by Crippen LogP contribution is 2.10. The first-order chi connectivity index (χ1) is 14.6. The average Bonchev–Trinajstić information content (AvgIpc) is 2.73. The lowest BCUT2D eigenvalue weighted by Gasteiger charge is -2.11. The van der Waals surface area contributed by atoms with Crippen molar-refractivity contribution in [2.45, 2.75) is 109 Å². The number of amides is 2. The summed E-state index contributed by atoms with van der Waals surface area (Å²) in [5.74, 6) is 0.0868. The number of nitrogens with one attached hydrogen (secondary N) is 2. The number of hydrogen-bond donors (Lipinski definition) is 3. The average molecular weight is 435 g/mol. The zero-order chi connectivity index (χ0) is 22.3. The number of alkyl halides is 2. The third kappa shape index (κ3) is 21.5. The second kappa shape index (κ2) is 22.4. The van der Waals surface area contributed by atoms with Gasteiger partial charge in [0, 0.05) is 25.9 Å². The maximum atomic E-state index is 12.0. The highest BCUT2D eigenvalue weighted by Gasteiger charge is 2.05. The van der Waals surface area contributed by atoms with Gasteiger partial charge in [0.25, 0.3) is 0 Å². The largest absolute Gasteiger partial charge is 0.393 e. The van der Waals surface area contributed by atoms with E-state index >= 15 is 0 Å². The van der Waals surface area contributed by atoms with Crippen LogP contribution in [0.4, 0.5) is 8.78 Å². The van der Waals surface area contributed by atoms with Crippen molar-refractivity contribution >= 4 is 11.8 Å². The van der Waals surface area contributed by atoms with E-state index in [1.54, 1.807) is 0 Å². The monoisotopic (exact) mass is 434 g/mol. The number of carbonyl (C=O) groups is 2. The molecular weight excluding hydrogens is 390 g/mol. The summed E-state index contributed by atoms with van der Waals surface area (Å²) in [6.45, 7) is 0.714. The number of hydrogen-bond acceptors (Lipinski definition) is 3. The van der Waals surface area contributed by atoms with Crippen LogP contribution in [-0.2, 0) is 9.59 Å². The molecule has 0 aliphatic heterocycles. The van der Waals surface area contributed by atoms with Gasteiger partial charge >= 0.3 is 0 Å². The molecule has 0 spiro atoms. The first kappa shape index (κ1) is 28.8. The minimum Gasteiger partial charge on any atom is -0.393 e. The number of aliphatic hydroxyl groups excluding tert-OH is 1. The SMILES string of the molecule is O=C(CCCCCF)NCCCCCC(O)CCCCCNC(=O)CCCCCF. The van der Waals surface area contributed by atoms with Crippen LogP contribution in [0.15, 0.2) is 0 Å². The van der Waals surface area contributed by atoms with Gasteiger partial charge in [-0.1, -0.05) is 38.5 Å². The highest BCUT2D eigenvalue weighted by atomic mass is 19.1. The van der Waals surface area contributed by atoms with Crippen LogP contribution in [0.2, 0.25) is 0 Å². The second-order valence-corrected chi connectivity index (χ2v) is 8.05. The van der Waals surface area contributed by atoms with E-state index < -0.39 is 0 Å². The molecule has 7 heteroatoms. The lowest BCUT2D eigenvalue weighted by atomic mass is 10.0. The summed E-state index contributed by atoms with van der Waals surface area (Å²) in [7, 11) is 0. The molecule has 0 atom stereocenters. The highest BCUT2D eigenvalue weighted by molar-refractivity contribution is 5.76. The number of unbranched alkanes of at least 4 members (excludes halogenated alkanes) is 8. The van der Waals surface area contributed by atoms with Crippen LogP contribution in [-0.4, -0.2) is 49.5 Å². The minimum atomic E-state index is -0.310. The van der Waals surface area contributed by atoms with Crippen molar-refractivity contribution in [2.24, 2.45) is 0 Å². The van der Waals surface area contributed by atoms with Gasteiger partial charge in [-0.3, -0.25) is 18.4 Å². The third-order valence-electron chi connectivity index (χ3n) is 5.15. The molecule has 0 fully saturated rings. The van der Waals surface area contributed by atoms with Gasteiger partial charge in [-0.25, -0.2) is 0 Å². The number of rotatable bonds is 22. The Morgan fingerprint density at radius 1 is 0.600 bits per heavy atom. The lowest BCUT2D eigenvalue weighted by molar-refractivity contribution is -0.122. The summed E-state index contributed by atoms with van der Waals surface area (Å²) in [5, 5.41) is 15.8.